The molecule has 7 nitrogen and oxygen atoms in total. The normalized spacial score (nSPS) is 12.0. The van der Waals surface area contributed by atoms with Crippen LogP contribution >= 0.6 is 0 Å². The maximum atomic E-state index is 12.8. The molecular formula is C23H27N3O4. The van der Waals surface area contributed by atoms with Gasteiger partial charge in [0.05, 0.1) is 11.0 Å². The van der Waals surface area contributed by atoms with Crippen molar-refractivity contribution in [3.05, 3.63) is 70.1 Å². The van der Waals surface area contributed by atoms with Gasteiger partial charge in [-0.25, -0.2) is 4.79 Å². The first-order valence-corrected chi connectivity index (χ1v) is 10.1. The first-order chi connectivity index (χ1) is 14.4. The minimum Gasteiger partial charge on any atom is -0.451 e. The van der Waals surface area contributed by atoms with Crippen LogP contribution in [-0.2, 0) is 34.0 Å². The van der Waals surface area contributed by atoms with Crippen LogP contribution in [0, 0.1) is 6.92 Å². The number of carbonyl (C=O) groups excluding carboxylic acids is 2. The zero-order valence-electron chi connectivity index (χ0n) is 17.6. The second-order valence-corrected chi connectivity index (χ2v) is 7.34. The Morgan fingerprint density at radius 1 is 1.03 bits per heavy atom. The van der Waals surface area contributed by atoms with E-state index in [4.69, 9.17) is 4.74 Å². The molecule has 1 atom stereocenters. The van der Waals surface area contributed by atoms with Gasteiger partial charge in [-0.2, -0.15) is 0 Å². The molecule has 158 valence electrons. The molecule has 3 aromatic rings. The van der Waals surface area contributed by atoms with Gasteiger partial charge in [-0.1, -0.05) is 48.9 Å². The summed E-state index contributed by atoms with van der Waals surface area (Å²) in [6.07, 6.45) is -0.154. The molecule has 0 aliphatic heterocycles. The quantitative estimate of drug-likeness (QED) is 0.580. The van der Waals surface area contributed by atoms with E-state index in [9.17, 15) is 14.4 Å². The van der Waals surface area contributed by atoms with Gasteiger partial charge in [0.1, 0.15) is 6.54 Å². The van der Waals surface area contributed by atoms with Crippen LogP contribution < -0.4 is 11.0 Å². The summed E-state index contributed by atoms with van der Waals surface area (Å²) >= 11 is 0. The first kappa shape index (κ1) is 21.4. The highest BCUT2D eigenvalue weighted by atomic mass is 16.5. The molecule has 7 heteroatoms. The highest BCUT2D eigenvalue weighted by Crippen LogP contribution is 2.13. The molecule has 0 spiro atoms. The van der Waals surface area contributed by atoms with Crippen molar-refractivity contribution in [2.75, 3.05) is 0 Å². The molecule has 2 aromatic carbocycles. The maximum Gasteiger partial charge on any atom is 0.329 e. The van der Waals surface area contributed by atoms with Crippen molar-refractivity contribution in [2.24, 2.45) is 0 Å². The SMILES string of the molecule is CCCn1c(=O)n(CC(=O)OC(C)C(=O)NCc2ccc(C)cc2)c2ccccc21. The second kappa shape index (κ2) is 9.43. The lowest BCUT2D eigenvalue weighted by Crippen LogP contribution is -2.37. The third kappa shape index (κ3) is 4.79. The van der Waals surface area contributed by atoms with Crippen molar-refractivity contribution in [1.29, 1.82) is 0 Å². The number of esters is 1. The Balaban J connectivity index is 1.63. The fourth-order valence-electron chi connectivity index (χ4n) is 3.32. The molecule has 1 amide bonds. The molecule has 0 fully saturated rings. The van der Waals surface area contributed by atoms with Gasteiger partial charge in [-0.3, -0.25) is 18.7 Å². The molecule has 1 heterocycles. The summed E-state index contributed by atoms with van der Waals surface area (Å²) in [6, 6.07) is 15.1. The van der Waals surface area contributed by atoms with E-state index in [0.717, 1.165) is 23.1 Å². The van der Waals surface area contributed by atoms with Gasteiger partial charge in [0.15, 0.2) is 6.10 Å². The first-order valence-electron chi connectivity index (χ1n) is 10.1. The number of aryl methyl sites for hydroxylation is 2. The molecule has 0 bridgehead atoms. The summed E-state index contributed by atoms with van der Waals surface area (Å²) in [7, 11) is 0. The van der Waals surface area contributed by atoms with Crippen molar-refractivity contribution in [3.63, 3.8) is 0 Å². The number of carbonyl (C=O) groups is 2. The van der Waals surface area contributed by atoms with Crippen LogP contribution in [0.3, 0.4) is 0 Å². The third-order valence-electron chi connectivity index (χ3n) is 4.92. The third-order valence-corrected chi connectivity index (χ3v) is 4.92. The summed E-state index contributed by atoms with van der Waals surface area (Å²) in [5, 5.41) is 2.76. The topological polar surface area (TPSA) is 82.3 Å². The van der Waals surface area contributed by atoms with E-state index in [1.54, 1.807) is 10.6 Å². The molecule has 1 N–H and O–H groups in total. The number of hydrogen-bond acceptors (Lipinski definition) is 4. The molecule has 0 aliphatic carbocycles. The smallest absolute Gasteiger partial charge is 0.329 e. The number of ether oxygens (including phenoxy) is 1. The predicted molar refractivity (Wildman–Crippen MR) is 115 cm³/mol. The van der Waals surface area contributed by atoms with Gasteiger partial charge in [0, 0.05) is 13.1 Å². The largest absolute Gasteiger partial charge is 0.451 e. The number of nitrogens with zero attached hydrogens (tertiary/aromatic N) is 2. The number of nitrogens with one attached hydrogen (secondary N) is 1. The van der Waals surface area contributed by atoms with Crippen molar-refractivity contribution in [2.45, 2.75) is 52.9 Å². The number of fused-ring (bicyclic) bond motifs is 1. The Bertz CT molecular complexity index is 1100. The summed E-state index contributed by atoms with van der Waals surface area (Å²) in [5.74, 6) is -1.01. The highest BCUT2D eigenvalue weighted by molar-refractivity contribution is 5.84. The van der Waals surface area contributed by atoms with Crippen LogP contribution in [0.25, 0.3) is 11.0 Å². The molecule has 0 radical (unpaired) electrons. The molecule has 0 saturated carbocycles. The van der Waals surface area contributed by atoms with E-state index >= 15 is 0 Å². The van der Waals surface area contributed by atoms with Crippen LogP contribution in [0.2, 0.25) is 0 Å². The fourth-order valence-corrected chi connectivity index (χ4v) is 3.32. The van der Waals surface area contributed by atoms with Crippen molar-refractivity contribution >= 4 is 22.9 Å². The van der Waals surface area contributed by atoms with E-state index < -0.39 is 12.1 Å². The summed E-state index contributed by atoms with van der Waals surface area (Å²) in [4.78, 5) is 37.5. The van der Waals surface area contributed by atoms with E-state index in [2.05, 4.69) is 5.32 Å². The summed E-state index contributed by atoms with van der Waals surface area (Å²) in [6.45, 7) is 6.18. The average molecular weight is 409 g/mol. The molecule has 3 rings (SSSR count). The van der Waals surface area contributed by atoms with Gasteiger partial charge in [0.2, 0.25) is 0 Å². The van der Waals surface area contributed by atoms with Crippen LogP contribution in [0.1, 0.15) is 31.4 Å². The number of benzene rings is 2. The Labute approximate surface area is 175 Å². The monoisotopic (exact) mass is 409 g/mol. The van der Waals surface area contributed by atoms with E-state index in [-0.39, 0.29) is 18.1 Å². The number of para-hydroxylation sites is 2. The van der Waals surface area contributed by atoms with E-state index in [0.29, 0.717) is 18.6 Å². The highest BCUT2D eigenvalue weighted by Gasteiger charge is 2.20. The molecule has 0 saturated heterocycles. The lowest BCUT2D eigenvalue weighted by molar-refractivity contribution is -0.155. The Kier molecular flexibility index (Phi) is 6.72. The molecule has 30 heavy (non-hydrogen) atoms. The Morgan fingerprint density at radius 2 is 1.67 bits per heavy atom. The Morgan fingerprint density at radius 3 is 2.30 bits per heavy atom. The summed E-state index contributed by atoms with van der Waals surface area (Å²) < 4.78 is 8.32. The van der Waals surface area contributed by atoms with Crippen molar-refractivity contribution in [1.82, 2.24) is 14.5 Å². The summed E-state index contributed by atoms with van der Waals surface area (Å²) in [5.41, 5.74) is 3.29. The van der Waals surface area contributed by atoms with Crippen LogP contribution in [0.4, 0.5) is 0 Å². The van der Waals surface area contributed by atoms with E-state index in [1.807, 2.05) is 56.3 Å². The number of hydrogen-bond donors (Lipinski definition) is 1. The van der Waals surface area contributed by atoms with Gasteiger partial charge in [-0.15, -0.1) is 0 Å². The molecule has 1 unspecified atom stereocenters. The standard InChI is InChI=1S/C23H27N3O4/c1-4-13-25-19-7-5-6-8-20(19)26(23(25)29)15-21(27)30-17(3)22(28)24-14-18-11-9-16(2)10-12-18/h5-12,17H,4,13-15H2,1-3H3,(H,24,28). The maximum absolute atomic E-state index is 12.8. The van der Waals surface area contributed by atoms with Gasteiger partial charge in [-0.05, 0) is 38.0 Å². The van der Waals surface area contributed by atoms with Crippen LogP contribution in [0.15, 0.2) is 53.3 Å². The number of aromatic nitrogens is 2. The molecule has 0 aliphatic rings. The Hall–Kier alpha value is -3.35. The zero-order chi connectivity index (χ0) is 21.7. The minimum absolute atomic E-state index is 0.244. The number of imidazole rings is 1. The zero-order valence-corrected chi connectivity index (χ0v) is 17.6. The number of amides is 1. The molecular weight excluding hydrogens is 382 g/mol. The van der Waals surface area contributed by atoms with Crippen molar-refractivity contribution < 1.29 is 14.3 Å². The lowest BCUT2D eigenvalue weighted by Gasteiger charge is -2.14. The van der Waals surface area contributed by atoms with Crippen molar-refractivity contribution in [3.8, 4) is 0 Å². The van der Waals surface area contributed by atoms with Gasteiger partial charge in [0.25, 0.3) is 5.91 Å². The van der Waals surface area contributed by atoms with E-state index in [1.165, 1.54) is 11.5 Å². The average Bonchev–Trinajstić information content (AvgIpc) is 2.99. The lowest BCUT2D eigenvalue weighted by atomic mass is 10.1. The fraction of sp³-hybridized carbons (Fsp3) is 0.348. The minimum atomic E-state index is -0.956. The number of rotatable bonds is 8. The van der Waals surface area contributed by atoms with Crippen LogP contribution in [-0.4, -0.2) is 27.1 Å². The predicted octanol–water partition coefficient (Wildman–Crippen LogP) is 2.77. The van der Waals surface area contributed by atoms with Gasteiger partial charge >= 0.3 is 11.7 Å². The second-order valence-electron chi connectivity index (χ2n) is 7.34. The van der Waals surface area contributed by atoms with Gasteiger partial charge < -0.3 is 10.1 Å². The van der Waals surface area contributed by atoms with Crippen LogP contribution in [0.5, 0.6) is 0 Å². The molecule has 1 aromatic heterocycles.